The molecule has 9 nitrogen and oxygen atoms in total. The largest absolute Gasteiger partial charge is 0.479 e. The van der Waals surface area contributed by atoms with E-state index in [0.29, 0.717) is 39.3 Å². The summed E-state index contributed by atoms with van der Waals surface area (Å²) in [5, 5.41) is 0.537. The van der Waals surface area contributed by atoms with Crippen molar-refractivity contribution in [3.63, 3.8) is 0 Å². The predicted octanol–water partition coefficient (Wildman–Crippen LogP) is 2.48. The molecule has 0 aliphatic rings. The molecule has 0 aliphatic carbocycles. The van der Waals surface area contributed by atoms with E-state index in [1.54, 1.807) is 27.6 Å². The Labute approximate surface area is 188 Å². The molecule has 2 aromatic carbocycles. The summed E-state index contributed by atoms with van der Waals surface area (Å²) in [4.78, 5) is 31.3. The van der Waals surface area contributed by atoms with Gasteiger partial charge in [-0.3, -0.25) is 9.36 Å². The van der Waals surface area contributed by atoms with Crippen LogP contribution >= 0.6 is 0 Å². The van der Waals surface area contributed by atoms with Gasteiger partial charge in [0.25, 0.3) is 5.56 Å². The summed E-state index contributed by atoms with van der Waals surface area (Å²) in [6.07, 6.45) is 8.37. The summed E-state index contributed by atoms with van der Waals surface area (Å²) in [6, 6.07) is 12.8. The number of nitrogens with zero attached hydrogens (tertiary/aromatic N) is 6. The molecule has 3 aromatic heterocycles. The van der Waals surface area contributed by atoms with Gasteiger partial charge in [-0.1, -0.05) is 30.2 Å². The monoisotopic (exact) mass is 437 g/mol. The first-order valence-corrected chi connectivity index (χ1v) is 10.2. The van der Waals surface area contributed by atoms with Gasteiger partial charge in [0.05, 0.1) is 29.5 Å². The van der Waals surface area contributed by atoms with Crippen molar-refractivity contribution in [1.82, 2.24) is 29.1 Å². The van der Waals surface area contributed by atoms with E-state index >= 15 is 0 Å². The number of terminal acetylenes is 1. The summed E-state index contributed by atoms with van der Waals surface area (Å²) in [5.41, 5.74) is 8.75. The molecule has 0 atom stereocenters. The van der Waals surface area contributed by atoms with Gasteiger partial charge in [0.1, 0.15) is 30.0 Å². The second-order valence-corrected chi connectivity index (χ2v) is 7.40. The third-order valence-corrected chi connectivity index (χ3v) is 5.33. The predicted molar refractivity (Wildman–Crippen MR) is 125 cm³/mol. The van der Waals surface area contributed by atoms with Crippen LogP contribution in [-0.2, 0) is 6.54 Å². The number of imidazole rings is 1. The van der Waals surface area contributed by atoms with Crippen LogP contribution in [0.1, 0.15) is 11.4 Å². The number of anilines is 1. The molecule has 0 radical (unpaired) electrons. The highest BCUT2D eigenvalue weighted by molar-refractivity contribution is 5.82. The van der Waals surface area contributed by atoms with E-state index in [1.807, 2.05) is 37.3 Å². The Morgan fingerprint density at radius 2 is 1.97 bits per heavy atom. The normalized spacial score (nSPS) is 11.0. The minimum absolute atomic E-state index is 0.0729. The molecular formula is C24H19N7O2. The van der Waals surface area contributed by atoms with E-state index in [1.165, 1.54) is 6.33 Å². The minimum atomic E-state index is -0.205. The molecule has 0 saturated carbocycles. The van der Waals surface area contributed by atoms with Crippen molar-refractivity contribution >= 4 is 27.9 Å². The van der Waals surface area contributed by atoms with Gasteiger partial charge in [-0.25, -0.2) is 19.9 Å². The number of aryl methyl sites for hydroxylation is 1. The van der Waals surface area contributed by atoms with E-state index in [4.69, 9.17) is 21.9 Å². The molecule has 2 N–H and O–H groups in total. The fourth-order valence-electron chi connectivity index (χ4n) is 3.85. The van der Waals surface area contributed by atoms with Crippen LogP contribution in [-0.4, -0.2) is 35.7 Å². The zero-order chi connectivity index (χ0) is 22.9. The van der Waals surface area contributed by atoms with Crippen molar-refractivity contribution in [3.8, 4) is 23.8 Å². The van der Waals surface area contributed by atoms with Gasteiger partial charge in [0, 0.05) is 0 Å². The number of aromatic nitrogens is 6. The number of fused-ring (bicyclic) bond motifs is 2. The maximum Gasteiger partial charge on any atom is 0.266 e. The fourth-order valence-corrected chi connectivity index (χ4v) is 3.85. The zero-order valence-electron chi connectivity index (χ0n) is 17.8. The molecule has 0 amide bonds. The van der Waals surface area contributed by atoms with E-state index < -0.39 is 0 Å². The number of hydrogen-bond donors (Lipinski definition) is 1. The summed E-state index contributed by atoms with van der Waals surface area (Å²) in [6.45, 7) is 2.18. The lowest BCUT2D eigenvalue weighted by molar-refractivity contribution is 0.368. The molecule has 33 heavy (non-hydrogen) atoms. The van der Waals surface area contributed by atoms with Gasteiger partial charge in [0.2, 0.25) is 0 Å². The highest BCUT2D eigenvalue weighted by Crippen LogP contribution is 2.25. The summed E-state index contributed by atoms with van der Waals surface area (Å²) >= 11 is 0. The van der Waals surface area contributed by atoms with Gasteiger partial charge in [0.15, 0.2) is 11.5 Å². The van der Waals surface area contributed by atoms with Crippen LogP contribution in [0.25, 0.3) is 27.8 Å². The molecule has 0 aliphatic heterocycles. The SMILES string of the molecule is C#CCOc1ccccc1-n1c(Cn2cnc3c(N)ncnc32)nc2cccc(C)c2c1=O. The van der Waals surface area contributed by atoms with Crippen LogP contribution in [0.2, 0.25) is 0 Å². The van der Waals surface area contributed by atoms with Gasteiger partial charge in [-0.15, -0.1) is 6.42 Å². The standard InChI is InChI=1S/C24H19N7O2/c1-3-11-33-18-10-5-4-9-17(18)31-19(29-16-8-6-7-15(2)20(16)24(31)32)12-30-14-28-21-22(25)26-13-27-23(21)30/h1,4-10,13-14H,11-12H2,2H3,(H2,25,26,27). The minimum Gasteiger partial charge on any atom is -0.479 e. The molecule has 0 spiro atoms. The van der Waals surface area contributed by atoms with Crippen LogP contribution in [0.4, 0.5) is 5.82 Å². The van der Waals surface area contributed by atoms with Crippen LogP contribution in [0.5, 0.6) is 5.75 Å². The van der Waals surface area contributed by atoms with Crippen LogP contribution in [0.3, 0.4) is 0 Å². The van der Waals surface area contributed by atoms with Gasteiger partial charge < -0.3 is 15.0 Å². The zero-order valence-corrected chi connectivity index (χ0v) is 17.8. The molecular weight excluding hydrogens is 418 g/mol. The fraction of sp³-hybridized carbons (Fsp3) is 0.125. The number of para-hydroxylation sites is 2. The Balaban J connectivity index is 1.78. The molecule has 0 bridgehead atoms. The Morgan fingerprint density at radius 3 is 2.82 bits per heavy atom. The Hall–Kier alpha value is -4.71. The number of nitrogen functional groups attached to an aromatic ring is 1. The molecule has 3 heterocycles. The first-order valence-electron chi connectivity index (χ1n) is 10.2. The van der Waals surface area contributed by atoms with Crippen LogP contribution < -0.4 is 16.0 Å². The lowest BCUT2D eigenvalue weighted by atomic mass is 10.1. The molecule has 5 rings (SSSR count). The van der Waals surface area contributed by atoms with Crippen molar-refractivity contribution in [2.45, 2.75) is 13.5 Å². The highest BCUT2D eigenvalue weighted by Gasteiger charge is 2.19. The van der Waals surface area contributed by atoms with Crippen molar-refractivity contribution in [2.75, 3.05) is 12.3 Å². The lowest BCUT2D eigenvalue weighted by Crippen LogP contribution is -2.26. The van der Waals surface area contributed by atoms with E-state index in [-0.39, 0.29) is 24.5 Å². The Bertz CT molecular complexity index is 1610. The second-order valence-electron chi connectivity index (χ2n) is 7.40. The Kier molecular flexibility index (Phi) is 4.95. The molecule has 9 heteroatoms. The third kappa shape index (κ3) is 3.43. The molecule has 0 fully saturated rings. The number of benzene rings is 2. The lowest BCUT2D eigenvalue weighted by Gasteiger charge is -2.17. The van der Waals surface area contributed by atoms with Crippen molar-refractivity contribution in [3.05, 3.63) is 76.9 Å². The van der Waals surface area contributed by atoms with E-state index in [2.05, 4.69) is 20.9 Å². The van der Waals surface area contributed by atoms with E-state index in [9.17, 15) is 4.79 Å². The van der Waals surface area contributed by atoms with Crippen LogP contribution in [0, 0.1) is 19.3 Å². The van der Waals surface area contributed by atoms with Crippen molar-refractivity contribution in [1.29, 1.82) is 0 Å². The van der Waals surface area contributed by atoms with Gasteiger partial charge in [-0.2, -0.15) is 0 Å². The topological polar surface area (TPSA) is 114 Å². The van der Waals surface area contributed by atoms with Gasteiger partial charge in [-0.05, 0) is 30.7 Å². The number of rotatable bonds is 5. The first kappa shape index (κ1) is 20.2. The number of nitrogens with two attached hydrogens (primary N) is 1. The van der Waals surface area contributed by atoms with Crippen LogP contribution in [0.15, 0.2) is 59.9 Å². The number of ether oxygens (including phenoxy) is 1. The Morgan fingerprint density at radius 1 is 1.12 bits per heavy atom. The van der Waals surface area contributed by atoms with Crippen molar-refractivity contribution in [2.24, 2.45) is 0 Å². The molecule has 0 unspecified atom stereocenters. The molecule has 162 valence electrons. The number of hydrogen-bond acceptors (Lipinski definition) is 7. The molecule has 5 aromatic rings. The summed E-state index contributed by atoms with van der Waals surface area (Å²) in [7, 11) is 0. The second kappa shape index (κ2) is 8.09. The quantitative estimate of drug-likeness (QED) is 0.420. The molecule has 0 saturated heterocycles. The van der Waals surface area contributed by atoms with Crippen molar-refractivity contribution < 1.29 is 4.74 Å². The average molecular weight is 437 g/mol. The third-order valence-electron chi connectivity index (χ3n) is 5.33. The maximum absolute atomic E-state index is 13.8. The average Bonchev–Trinajstić information content (AvgIpc) is 3.22. The smallest absolute Gasteiger partial charge is 0.266 e. The first-order chi connectivity index (χ1) is 16.1. The maximum atomic E-state index is 13.8. The summed E-state index contributed by atoms with van der Waals surface area (Å²) < 4.78 is 9.06. The van der Waals surface area contributed by atoms with Gasteiger partial charge >= 0.3 is 0 Å². The highest BCUT2D eigenvalue weighted by atomic mass is 16.5. The van der Waals surface area contributed by atoms with E-state index in [0.717, 1.165) is 5.56 Å². The summed E-state index contributed by atoms with van der Waals surface area (Å²) in [5.74, 6) is 3.70.